The first-order chi connectivity index (χ1) is 16.4. The van der Waals surface area contributed by atoms with Crippen LogP contribution >= 0.6 is 0 Å². The summed E-state index contributed by atoms with van der Waals surface area (Å²) in [5, 5.41) is 18.2. The summed E-state index contributed by atoms with van der Waals surface area (Å²) in [7, 11) is 1.60. The number of halogens is 1. The lowest BCUT2D eigenvalue weighted by Gasteiger charge is -2.27. The Morgan fingerprint density at radius 1 is 1.09 bits per heavy atom. The summed E-state index contributed by atoms with van der Waals surface area (Å²) < 4.78 is 18.8. The number of phenols is 1. The monoisotopic (exact) mass is 457 g/mol. The van der Waals surface area contributed by atoms with Crippen molar-refractivity contribution in [3.05, 3.63) is 100.0 Å². The molecule has 172 valence electrons. The zero-order chi connectivity index (χ0) is 24.0. The number of hydrogen-bond acceptors (Lipinski definition) is 4. The summed E-state index contributed by atoms with van der Waals surface area (Å²) in [6.45, 7) is 4.08. The van der Waals surface area contributed by atoms with Crippen molar-refractivity contribution in [1.82, 2.24) is 15.1 Å². The summed E-state index contributed by atoms with van der Waals surface area (Å²) in [5.41, 5.74) is 5.61. The number of ether oxygens (including phenoxy) is 1. The molecule has 1 atom stereocenters. The van der Waals surface area contributed by atoms with E-state index in [4.69, 9.17) is 4.74 Å². The number of methoxy groups -OCH3 is 1. The molecule has 7 heteroatoms. The lowest BCUT2D eigenvalue weighted by molar-refractivity contribution is 0.0730. The largest absolute Gasteiger partial charge is 0.507 e. The van der Waals surface area contributed by atoms with Gasteiger partial charge in [-0.15, -0.1) is 0 Å². The number of phenolic OH excluding ortho intramolecular Hbond substituents is 1. The van der Waals surface area contributed by atoms with Crippen LogP contribution in [0.25, 0.3) is 11.3 Å². The average molecular weight is 458 g/mol. The Kier molecular flexibility index (Phi) is 5.32. The predicted molar refractivity (Wildman–Crippen MR) is 126 cm³/mol. The Morgan fingerprint density at radius 2 is 1.79 bits per heavy atom. The van der Waals surface area contributed by atoms with E-state index in [1.165, 1.54) is 12.1 Å². The first-order valence-electron chi connectivity index (χ1n) is 11.0. The van der Waals surface area contributed by atoms with Crippen molar-refractivity contribution in [2.45, 2.75) is 26.4 Å². The van der Waals surface area contributed by atoms with Crippen molar-refractivity contribution in [1.29, 1.82) is 0 Å². The second-order valence-electron chi connectivity index (χ2n) is 8.57. The fraction of sp³-hybridized carbons (Fsp3) is 0.185. The van der Waals surface area contributed by atoms with Crippen LogP contribution in [0.1, 0.15) is 44.3 Å². The second-order valence-corrected chi connectivity index (χ2v) is 8.57. The molecule has 5 rings (SSSR count). The topological polar surface area (TPSA) is 78.5 Å². The SMILES string of the molecule is COc1ccc(C2c3c(-c4cc(C)cc(C)c4O)n[nH]c3C(=O)N2Cc2ccc(F)cc2)cc1. The number of rotatable bonds is 5. The normalized spacial score (nSPS) is 15.0. The number of benzene rings is 3. The maximum atomic E-state index is 13.5. The molecule has 0 saturated heterocycles. The molecule has 0 bridgehead atoms. The van der Waals surface area contributed by atoms with E-state index in [1.807, 2.05) is 50.2 Å². The zero-order valence-corrected chi connectivity index (χ0v) is 19.1. The molecule has 1 aliphatic rings. The van der Waals surface area contributed by atoms with E-state index in [1.54, 1.807) is 24.1 Å². The number of nitrogens with zero attached hydrogens (tertiary/aromatic N) is 2. The van der Waals surface area contributed by atoms with Crippen LogP contribution in [0, 0.1) is 19.7 Å². The van der Waals surface area contributed by atoms with E-state index in [9.17, 15) is 14.3 Å². The molecule has 1 unspecified atom stereocenters. The first kappa shape index (κ1) is 21.7. The summed E-state index contributed by atoms with van der Waals surface area (Å²) >= 11 is 0. The fourth-order valence-electron chi connectivity index (χ4n) is 4.62. The molecule has 2 heterocycles. The van der Waals surface area contributed by atoms with Gasteiger partial charge in [-0.1, -0.05) is 30.3 Å². The number of aromatic amines is 1. The molecule has 0 spiro atoms. The van der Waals surface area contributed by atoms with Crippen LogP contribution in [0.15, 0.2) is 60.7 Å². The highest BCUT2D eigenvalue weighted by molar-refractivity contribution is 6.00. The molecule has 0 aliphatic carbocycles. The van der Waals surface area contributed by atoms with Crippen LogP contribution in [0.3, 0.4) is 0 Å². The molecule has 3 aromatic carbocycles. The van der Waals surface area contributed by atoms with Crippen LogP contribution < -0.4 is 4.74 Å². The number of nitrogens with one attached hydrogen (secondary N) is 1. The van der Waals surface area contributed by atoms with Crippen molar-refractivity contribution in [3.8, 4) is 22.8 Å². The van der Waals surface area contributed by atoms with E-state index < -0.39 is 6.04 Å². The minimum Gasteiger partial charge on any atom is -0.507 e. The number of aromatic hydroxyl groups is 1. The van der Waals surface area contributed by atoms with Gasteiger partial charge < -0.3 is 14.7 Å². The molecular weight excluding hydrogens is 433 g/mol. The summed E-state index contributed by atoms with van der Waals surface area (Å²) in [6.07, 6.45) is 0. The third-order valence-corrected chi connectivity index (χ3v) is 6.26. The Labute approximate surface area is 196 Å². The predicted octanol–water partition coefficient (Wildman–Crippen LogP) is 5.29. The van der Waals surface area contributed by atoms with Crippen molar-refractivity contribution in [2.24, 2.45) is 0 Å². The summed E-state index contributed by atoms with van der Waals surface area (Å²) in [6, 6.07) is 17.0. The van der Waals surface area contributed by atoms with E-state index >= 15 is 0 Å². The van der Waals surface area contributed by atoms with Crippen LogP contribution in [0.4, 0.5) is 4.39 Å². The maximum absolute atomic E-state index is 13.5. The molecular formula is C27H24FN3O3. The molecule has 4 aromatic rings. The van der Waals surface area contributed by atoms with Crippen molar-refractivity contribution >= 4 is 5.91 Å². The van der Waals surface area contributed by atoms with Gasteiger partial charge in [0.05, 0.1) is 13.2 Å². The molecule has 6 nitrogen and oxygen atoms in total. The van der Waals surface area contributed by atoms with Gasteiger partial charge in [-0.05, 0) is 66.4 Å². The van der Waals surface area contributed by atoms with Gasteiger partial charge in [-0.25, -0.2) is 4.39 Å². The number of hydrogen-bond donors (Lipinski definition) is 2. The standard InChI is InChI=1S/C27H24FN3O3/c1-15-12-16(2)26(32)21(13-15)23-22-24(30-29-23)27(33)31(14-17-4-8-19(28)9-5-17)25(22)18-6-10-20(34-3)11-7-18/h4-13,25,32H,14H2,1-3H3,(H,29,30). The molecule has 1 aliphatic heterocycles. The van der Waals surface area contributed by atoms with Gasteiger partial charge in [-0.3, -0.25) is 9.89 Å². The smallest absolute Gasteiger partial charge is 0.273 e. The third-order valence-electron chi connectivity index (χ3n) is 6.26. The molecule has 1 amide bonds. The van der Waals surface area contributed by atoms with Crippen molar-refractivity contribution < 1.29 is 19.0 Å². The van der Waals surface area contributed by atoms with Crippen LogP contribution in [0.5, 0.6) is 11.5 Å². The third kappa shape index (κ3) is 3.59. The van der Waals surface area contributed by atoms with Gasteiger partial charge in [0, 0.05) is 17.7 Å². The van der Waals surface area contributed by atoms with Crippen molar-refractivity contribution in [2.75, 3.05) is 7.11 Å². The highest BCUT2D eigenvalue weighted by Crippen LogP contribution is 2.46. The highest BCUT2D eigenvalue weighted by Gasteiger charge is 2.42. The number of aryl methyl sites for hydroxylation is 2. The molecule has 0 radical (unpaired) electrons. The molecule has 34 heavy (non-hydrogen) atoms. The van der Waals surface area contributed by atoms with Gasteiger partial charge >= 0.3 is 0 Å². The molecule has 0 fully saturated rings. The number of aromatic nitrogens is 2. The van der Waals surface area contributed by atoms with Crippen LogP contribution in [-0.4, -0.2) is 33.2 Å². The van der Waals surface area contributed by atoms with Gasteiger partial charge in [0.2, 0.25) is 0 Å². The minimum absolute atomic E-state index is 0.137. The number of carbonyl (C=O) groups is 1. The lowest BCUT2D eigenvalue weighted by atomic mass is 9.94. The maximum Gasteiger partial charge on any atom is 0.273 e. The van der Waals surface area contributed by atoms with E-state index in [0.717, 1.165) is 22.3 Å². The van der Waals surface area contributed by atoms with Gasteiger partial charge in [-0.2, -0.15) is 5.10 Å². The van der Waals surface area contributed by atoms with Crippen LogP contribution in [-0.2, 0) is 6.54 Å². The van der Waals surface area contributed by atoms with E-state index in [-0.39, 0.29) is 24.0 Å². The quantitative estimate of drug-likeness (QED) is 0.427. The number of amides is 1. The Balaban J connectivity index is 1.67. The number of carbonyl (C=O) groups excluding carboxylic acids is 1. The van der Waals surface area contributed by atoms with E-state index in [2.05, 4.69) is 10.2 Å². The van der Waals surface area contributed by atoms with Crippen molar-refractivity contribution in [3.63, 3.8) is 0 Å². The van der Waals surface area contributed by atoms with Gasteiger partial charge in [0.15, 0.2) is 0 Å². The Hall–Kier alpha value is -4.13. The first-order valence-corrected chi connectivity index (χ1v) is 11.0. The van der Waals surface area contributed by atoms with Gasteiger partial charge in [0.25, 0.3) is 5.91 Å². The van der Waals surface area contributed by atoms with Gasteiger partial charge in [0.1, 0.15) is 28.7 Å². The Bertz CT molecular complexity index is 1380. The second kappa shape index (κ2) is 8.33. The lowest BCUT2D eigenvalue weighted by Crippen LogP contribution is -2.29. The fourth-order valence-corrected chi connectivity index (χ4v) is 4.62. The molecule has 1 aromatic heterocycles. The van der Waals surface area contributed by atoms with Crippen LogP contribution in [0.2, 0.25) is 0 Å². The minimum atomic E-state index is -0.451. The summed E-state index contributed by atoms with van der Waals surface area (Å²) in [5.74, 6) is 0.309. The molecule has 2 N–H and O–H groups in total. The average Bonchev–Trinajstić information content (AvgIpc) is 3.37. The Morgan fingerprint density at radius 3 is 2.47 bits per heavy atom. The zero-order valence-electron chi connectivity index (χ0n) is 19.1. The molecule has 0 saturated carbocycles. The number of fused-ring (bicyclic) bond motifs is 1. The number of H-pyrrole nitrogens is 1. The highest BCUT2D eigenvalue weighted by atomic mass is 19.1. The van der Waals surface area contributed by atoms with E-state index in [0.29, 0.717) is 28.3 Å². The summed E-state index contributed by atoms with van der Waals surface area (Å²) in [4.78, 5) is 15.3.